The molecule has 0 bridgehead atoms. The fourth-order valence-electron chi connectivity index (χ4n) is 2.12. The van der Waals surface area contributed by atoms with Gasteiger partial charge in [0.05, 0.1) is 0 Å². The second-order valence-electron chi connectivity index (χ2n) is 4.89. The van der Waals surface area contributed by atoms with Gasteiger partial charge in [0.2, 0.25) is 11.8 Å². The second kappa shape index (κ2) is 7.02. The molecule has 8 heteroatoms. The van der Waals surface area contributed by atoms with Crippen LogP contribution in [0.3, 0.4) is 0 Å². The summed E-state index contributed by atoms with van der Waals surface area (Å²) in [4.78, 5) is 14.5. The van der Waals surface area contributed by atoms with Crippen molar-refractivity contribution in [1.82, 2.24) is 9.19 Å². The van der Waals surface area contributed by atoms with Gasteiger partial charge < -0.3 is 4.74 Å². The molecule has 0 aliphatic heterocycles. The van der Waals surface area contributed by atoms with Crippen LogP contribution in [0.1, 0.15) is 41.3 Å². The first-order chi connectivity index (χ1) is 10.5. The van der Waals surface area contributed by atoms with Crippen molar-refractivity contribution in [3.8, 4) is 5.88 Å². The monoisotopic (exact) mass is 317 g/mol. The average molecular weight is 317 g/mol. The highest BCUT2D eigenvalue weighted by molar-refractivity contribution is 7.78. The Morgan fingerprint density at radius 3 is 2.86 bits per heavy atom. The van der Waals surface area contributed by atoms with E-state index in [9.17, 15) is 4.79 Å². The lowest BCUT2D eigenvalue weighted by Crippen LogP contribution is -2.09. The maximum Gasteiger partial charge on any atom is 0.249 e. The first-order valence-electron chi connectivity index (χ1n) is 6.62. The zero-order chi connectivity index (χ0) is 16.1. The number of ether oxygens (including phenoxy) is 1. The molecule has 2 aromatic rings. The molecule has 7 nitrogen and oxygen atoms in total. The van der Waals surface area contributed by atoms with Crippen molar-refractivity contribution >= 4 is 18.7 Å². The van der Waals surface area contributed by atoms with E-state index >= 15 is 0 Å². The van der Waals surface area contributed by atoms with Crippen LogP contribution in [-0.4, -0.2) is 15.1 Å². The molecule has 0 N–H and O–H groups in total. The Bertz CT molecular complexity index is 735. The fraction of sp³-hybridized carbons (Fsp3) is 0.286. The van der Waals surface area contributed by atoms with Gasteiger partial charge in [-0.05, 0) is 34.9 Å². The third-order valence-electron chi connectivity index (χ3n) is 3.12. The van der Waals surface area contributed by atoms with Crippen molar-refractivity contribution < 1.29 is 9.53 Å². The first kappa shape index (κ1) is 15.9. The van der Waals surface area contributed by atoms with Crippen LogP contribution >= 0.6 is 12.8 Å². The molecule has 0 saturated carbocycles. The zero-order valence-electron chi connectivity index (χ0n) is 12.2. The van der Waals surface area contributed by atoms with Gasteiger partial charge >= 0.3 is 0 Å². The van der Waals surface area contributed by atoms with Gasteiger partial charge in [-0.3, -0.25) is 4.79 Å². The highest BCUT2D eigenvalue weighted by atomic mass is 32.1. The number of hydrogen-bond acceptors (Lipinski definition) is 4. The van der Waals surface area contributed by atoms with E-state index in [-0.39, 0.29) is 12.5 Å². The summed E-state index contributed by atoms with van der Waals surface area (Å²) in [5.74, 6) is -0.0288. The molecular formula is C14H15N5O2S. The lowest BCUT2D eigenvalue weighted by Gasteiger charge is -2.15. The van der Waals surface area contributed by atoms with Gasteiger partial charge in [-0.25, -0.2) is 4.09 Å². The third-order valence-corrected chi connectivity index (χ3v) is 3.34. The Balaban J connectivity index is 2.36. The van der Waals surface area contributed by atoms with Crippen molar-refractivity contribution in [2.24, 2.45) is 5.11 Å². The number of benzene rings is 1. The van der Waals surface area contributed by atoms with Crippen molar-refractivity contribution in [2.75, 3.05) is 0 Å². The molecule has 0 atom stereocenters. The van der Waals surface area contributed by atoms with Gasteiger partial charge in [0.1, 0.15) is 6.61 Å². The van der Waals surface area contributed by atoms with Gasteiger partial charge in [-0.1, -0.05) is 32.0 Å². The largest absolute Gasteiger partial charge is 0.472 e. The van der Waals surface area contributed by atoms with Gasteiger partial charge in [-0.2, -0.15) is 0 Å². The minimum atomic E-state index is -0.622. The van der Waals surface area contributed by atoms with Gasteiger partial charge in [-0.15, -0.1) is 5.10 Å². The number of thiol groups is 1. The first-order valence-corrected chi connectivity index (χ1v) is 7.02. The predicted molar refractivity (Wildman–Crippen MR) is 85.0 cm³/mol. The average Bonchev–Trinajstić information content (AvgIpc) is 2.90. The van der Waals surface area contributed by atoms with Crippen LogP contribution in [0.5, 0.6) is 5.88 Å². The topological polar surface area (TPSA) is 92.9 Å². The van der Waals surface area contributed by atoms with Crippen LogP contribution < -0.4 is 4.74 Å². The molecule has 0 saturated heterocycles. The number of carbonyl (C=O) groups excluding carboxylic acids is 1. The van der Waals surface area contributed by atoms with E-state index in [4.69, 9.17) is 10.3 Å². The van der Waals surface area contributed by atoms with Crippen LogP contribution in [0.25, 0.3) is 10.4 Å². The Morgan fingerprint density at radius 1 is 1.50 bits per heavy atom. The number of carbonyl (C=O) groups is 1. The molecule has 0 fully saturated rings. The third kappa shape index (κ3) is 3.60. The molecule has 1 amide bonds. The summed E-state index contributed by atoms with van der Waals surface area (Å²) in [6, 6.07) is 6.98. The molecule has 0 aliphatic carbocycles. The van der Waals surface area contributed by atoms with E-state index in [0.717, 1.165) is 5.56 Å². The SMILES string of the molecule is CC(C)c1cccc(C(=O)N=[N+]=[N-])c1COc1ccn(S)n1. The summed E-state index contributed by atoms with van der Waals surface area (Å²) in [6.45, 7) is 4.19. The summed E-state index contributed by atoms with van der Waals surface area (Å²) in [6.07, 6.45) is 1.64. The number of aromatic nitrogens is 2. The Kier molecular flexibility index (Phi) is 5.08. The molecule has 114 valence electrons. The van der Waals surface area contributed by atoms with Crippen molar-refractivity contribution in [3.05, 3.63) is 57.6 Å². The highest BCUT2D eigenvalue weighted by Gasteiger charge is 2.16. The quantitative estimate of drug-likeness (QED) is 0.394. The predicted octanol–water partition coefficient (Wildman–Crippen LogP) is 3.73. The molecule has 0 spiro atoms. The van der Waals surface area contributed by atoms with Crippen molar-refractivity contribution in [1.29, 1.82) is 0 Å². The summed E-state index contributed by atoms with van der Waals surface area (Å²) in [5, 5.41) is 7.17. The Morgan fingerprint density at radius 2 is 2.27 bits per heavy atom. The fourth-order valence-corrected chi connectivity index (χ4v) is 2.28. The Hall–Kier alpha value is -2.44. The minimum Gasteiger partial charge on any atom is -0.472 e. The van der Waals surface area contributed by atoms with Gasteiger partial charge in [0.25, 0.3) is 0 Å². The van der Waals surface area contributed by atoms with E-state index < -0.39 is 5.91 Å². The maximum absolute atomic E-state index is 11.9. The summed E-state index contributed by atoms with van der Waals surface area (Å²) < 4.78 is 6.93. The summed E-state index contributed by atoms with van der Waals surface area (Å²) in [7, 11) is 0. The van der Waals surface area contributed by atoms with Gasteiger partial charge in [0.15, 0.2) is 0 Å². The van der Waals surface area contributed by atoms with Gasteiger partial charge in [0, 0.05) is 28.3 Å². The van der Waals surface area contributed by atoms with Crippen LogP contribution in [0.4, 0.5) is 0 Å². The number of hydrogen-bond donors (Lipinski definition) is 1. The van der Waals surface area contributed by atoms with Crippen LogP contribution in [0, 0.1) is 0 Å². The van der Waals surface area contributed by atoms with E-state index in [0.29, 0.717) is 17.0 Å². The molecule has 1 aromatic carbocycles. The standard InChI is InChI=1S/C14H15N5O2S/c1-9(2)10-4-3-5-11(14(20)16-18-15)12(10)8-21-13-6-7-19(22)17-13/h3-7,9,22H,8H2,1-2H3. The number of nitrogens with zero attached hydrogens (tertiary/aromatic N) is 5. The highest BCUT2D eigenvalue weighted by Crippen LogP contribution is 2.25. The van der Waals surface area contributed by atoms with E-state index in [1.54, 1.807) is 24.4 Å². The number of azide groups is 1. The summed E-state index contributed by atoms with van der Waals surface area (Å²) >= 11 is 4.04. The lowest BCUT2D eigenvalue weighted by atomic mass is 9.93. The van der Waals surface area contributed by atoms with Crippen LogP contribution in [0.2, 0.25) is 0 Å². The normalized spacial score (nSPS) is 10.4. The van der Waals surface area contributed by atoms with E-state index in [1.165, 1.54) is 4.09 Å². The molecule has 0 aliphatic rings. The lowest BCUT2D eigenvalue weighted by molar-refractivity contribution is 0.0997. The van der Waals surface area contributed by atoms with Crippen LogP contribution in [0.15, 0.2) is 35.6 Å². The zero-order valence-corrected chi connectivity index (χ0v) is 13.1. The summed E-state index contributed by atoms with van der Waals surface area (Å²) in [5.41, 5.74) is 10.5. The minimum absolute atomic E-state index is 0.154. The second-order valence-corrected chi connectivity index (χ2v) is 5.30. The van der Waals surface area contributed by atoms with E-state index in [1.807, 2.05) is 19.9 Å². The molecule has 22 heavy (non-hydrogen) atoms. The number of rotatable bonds is 5. The molecule has 1 aromatic heterocycles. The molecular weight excluding hydrogens is 302 g/mol. The molecule has 2 rings (SSSR count). The van der Waals surface area contributed by atoms with Crippen molar-refractivity contribution in [2.45, 2.75) is 26.4 Å². The Labute approximate surface area is 133 Å². The molecule has 0 radical (unpaired) electrons. The van der Waals surface area contributed by atoms with Crippen molar-refractivity contribution in [3.63, 3.8) is 0 Å². The maximum atomic E-state index is 11.9. The smallest absolute Gasteiger partial charge is 0.249 e. The molecule has 0 unspecified atom stereocenters. The number of amides is 1. The molecule has 1 heterocycles. The van der Waals surface area contributed by atoms with E-state index in [2.05, 4.69) is 27.9 Å². The van der Waals surface area contributed by atoms with Crippen LogP contribution in [-0.2, 0) is 6.61 Å².